The first kappa shape index (κ1) is 20.9. The summed E-state index contributed by atoms with van der Waals surface area (Å²) in [4.78, 5) is 12.4. The minimum atomic E-state index is -3.46. The summed E-state index contributed by atoms with van der Waals surface area (Å²) in [5.74, 6) is -0.553. The van der Waals surface area contributed by atoms with Crippen molar-refractivity contribution in [3.8, 4) is 0 Å². The summed E-state index contributed by atoms with van der Waals surface area (Å²) >= 11 is 0. The molecule has 0 saturated heterocycles. The standard InChI is InChI=1S/C17H20N2O6S2/c1-25-11-12-27(23,24)16-9-3-13(4-10-16)17(20)18-14-5-7-15(8-6-14)19-26(2,21)22/h3-10,19H,11-12H2,1-2H3,(H,18,20). The maximum Gasteiger partial charge on any atom is 0.255 e. The summed E-state index contributed by atoms with van der Waals surface area (Å²) < 4.78 is 53.6. The number of hydrogen-bond donors (Lipinski definition) is 2. The molecule has 0 aliphatic heterocycles. The van der Waals surface area contributed by atoms with E-state index < -0.39 is 25.8 Å². The second kappa shape index (κ2) is 8.51. The Bertz CT molecular complexity index is 998. The van der Waals surface area contributed by atoms with Crippen molar-refractivity contribution in [1.82, 2.24) is 0 Å². The van der Waals surface area contributed by atoms with Crippen molar-refractivity contribution in [2.24, 2.45) is 0 Å². The smallest absolute Gasteiger partial charge is 0.255 e. The molecule has 146 valence electrons. The van der Waals surface area contributed by atoms with E-state index in [-0.39, 0.29) is 17.3 Å². The maximum atomic E-state index is 12.3. The number of benzene rings is 2. The van der Waals surface area contributed by atoms with Crippen LogP contribution in [0.1, 0.15) is 10.4 Å². The molecule has 0 saturated carbocycles. The molecule has 1 amide bonds. The Kier molecular flexibility index (Phi) is 6.58. The van der Waals surface area contributed by atoms with Crippen LogP contribution in [0, 0.1) is 0 Å². The van der Waals surface area contributed by atoms with Crippen molar-refractivity contribution in [2.75, 3.05) is 35.8 Å². The molecule has 10 heteroatoms. The van der Waals surface area contributed by atoms with Gasteiger partial charge in [0, 0.05) is 24.0 Å². The number of sulfone groups is 1. The molecular formula is C17H20N2O6S2. The monoisotopic (exact) mass is 412 g/mol. The second-order valence-corrected chi connectivity index (χ2v) is 9.60. The third-order valence-electron chi connectivity index (χ3n) is 3.48. The summed E-state index contributed by atoms with van der Waals surface area (Å²) in [7, 11) is -5.41. The molecule has 0 aliphatic rings. The van der Waals surface area contributed by atoms with Crippen molar-refractivity contribution < 1.29 is 26.4 Å². The number of hydrogen-bond acceptors (Lipinski definition) is 6. The highest BCUT2D eigenvalue weighted by Crippen LogP contribution is 2.17. The van der Waals surface area contributed by atoms with Crippen LogP contribution in [-0.2, 0) is 24.6 Å². The topological polar surface area (TPSA) is 119 Å². The zero-order chi connectivity index (χ0) is 20.1. The third kappa shape index (κ3) is 6.35. The van der Waals surface area contributed by atoms with Crippen molar-refractivity contribution in [3.05, 3.63) is 54.1 Å². The number of anilines is 2. The SMILES string of the molecule is COCCS(=O)(=O)c1ccc(C(=O)Nc2ccc(NS(C)(=O)=O)cc2)cc1. The molecular weight excluding hydrogens is 392 g/mol. The van der Waals surface area contributed by atoms with Gasteiger partial charge in [-0.3, -0.25) is 9.52 Å². The summed E-state index contributed by atoms with van der Waals surface area (Å²) in [5, 5.41) is 2.66. The quantitative estimate of drug-likeness (QED) is 0.682. The molecule has 0 heterocycles. The lowest BCUT2D eigenvalue weighted by molar-refractivity contribution is 0.102. The first-order valence-electron chi connectivity index (χ1n) is 7.82. The van der Waals surface area contributed by atoms with Crippen LogP contribution in [0.3, 0.4) is 0 Å². The highest BCUT2D eigenvalue weighted by molar-refractivity contribution is 7.92. The summed E-state index contributed by atoms with van der Waals surface area (Å²) in [5.41, 5.74) is 1.14. The van der Waals surface area contributed by atoms with Gasteiger partial charge in [-0.2, -0.15) is 0 Å². The van der Waals surface area contributed by atoms with Crippen LogP contribution >= 0.6 is 0 Å². The fourth-order valence-electron chi connectivity index (χ4n) is 2.16. The van der Waals surface area contributed by atoms with Gasteiger partial charge in [-0.05, 0) is 48.5 Å². The number of sulfonamides is 1. The van der Waals surface area contributed by atoms with Gasteiger partial charge >= 0.3 is 0 Å². The second-order valence-electron chi connectivity index (χ2n) is 5.74. The third-order valence-corrected chi connectivity index (χ3v) is 5.78. The Morgan fingerprint density at radius 2 is 1.48 bits per heavy atom. The minimum absolute atomic E-state index is 0.0920. The van der Waals surface area contributed by atoms with E-state index in [1.807, 2.05) is 0 Å². The van der Waals surface area contributed by atoms with Crippen molar-refractivity contribution >= 4 is 37.1 Å². The number of methoxy groups -OCH3 is 1. The average molecular weight is 412 g/mol. The Labute approximate surface area is 158 Å². The van der Waals surface area contributed by atoms with Gasteiger partial charge in [0.15, 0.2) is 9.84 Å². The van der Waals surface area contributed by atoms with Crippen LogP contribution in [0.2, 0.25) is 0 Å². The van der Waals surface area contributed by atoms with Crippen LogP contribution in [-0.4, -0.2) is 48.5 Å². The van der Waals surface area contributed by atoms with Gasteiger partial charge in [0.05, 0.1) is 23.5 Å². The Morgan fingerprint density at radius 3 is 2.00 bits per heavy atom. The minimum Gasteiger partial charge on any atom is -0.384 e. The molecule has 0 aromatic heterocycles. The number of carbonyl (C=O) groups excluding carboxylic acids is 1. The van der Waals surface area contributed by atoms with E-state index >= 15 is 0 Å². The number of rotatable bonds is 8. The van der Waals surface area contributed by atoms with Gasteiger partial charge < -0.3 is 10.1 Å². The van der Waals surface area contributed by atoms with Crippen LogP contribution in [0.15, 0.2) is 53.4 Å². The molecule has 2 N–H and O–H groups in total. The van der Waals surface area contributed by atoms with Crippen molar-refractivity contribution in [2.45, 2.75) is 4.90 Å². The zero-order valence-electron chi connectivity index (χ0n) is 14.8. The molecule has 0 bridgehead atoms. The average Bonchev–Trinajstić information content (AvgIpc) is 2.60. The first-order chi connectivity index (χ1) is 12.6. The molecule has 2 rings (SSSR count). The predicted octanol–water partition coefficient (Wildman–Crippen LogP) is 1.73. The maximum absolute atomic E-state index is 12.3. The normalized spacial score (nSPS) is 11.8. The van der Waals surface area contributed by atoms with Crippen molar-refractivity contribution in [3.63, 3.8) is 0 Å². The number of carbonyl (C=O) groups is 1. The summed E-state index contributed by atoms with van der Waals surface area (Å²) in [6.07, 6.45) is 1.04. The van der Waals surface area contributed by atoms with Crippen LogP contribution < -0.4 is 10.0 Å². The lowest BCUT2D eigenvalue weighted by Gasteiger charge is -2.08. The molecule has 0 fully saturated rings. The number of ether oxygens (including phenoxy) is 1. The lowest BCUT2D eigenvalue weighted by atomic mass is 10.2. The fourth-order valence-corrected chi connectivity index (χ4v) is 3.90. The van der Waals surface area contributed by atoms with Gasteiger partial charge in [-0.15, -0.1) is 0 Å². The van der Waals surface area contributed by atoms with Crippen molar-refractivity contribution in [1.29, 1.82) is 0 Å². The Balaban J connectivity index is 2.06. The van der Waals surface area contributed by atoms with Crippen LogP contribution in [0.5, 0.6) is 0 Å². The highest BCUT2D eigenvalue weighted by Gasteiger charge is 2.15. The molecule has 0 aliphatic carbocycles. The molecule has 2 aromatic rings. The van der Waals surface area contributed by atoms with E-state index in [1.54, 1.807) is 12.1 Å². The highest BCUT2D eigenvalue weighted by atomic mass is 32.2. The Morgan fingerprint density at radius 1 is 0.926 bits per heavy atom. The summed E-state index contributed by atoms with van der Waals surface area (Å²) in [6, 6.07) is 11.7. The molecule has 2 aromatic carbocycles. The van der Waals surface area contributed by atoms with Gasteiger partial charge in [0.25, 0.3) is 5.91 Å². The molecule has 0 atom stereocenters. The zero-order valence-corrected chi connectivity index (χ0v) is 16.4. The van der Waals surface area contributed by atoms with Gasteiger partial charge in [-0.1, -0.05) is 0 Å². The molecule has 8 nitrogen and oxygen atoms in total. The van der Waals surface area contributed by atoms with Crippen LogP contribution in [0.25, 0.3) is 0 Å². The molecule has 27 heavy (non-hydrogen) atoms. The van der Waals surface area contributed by atoms with Crippen LogP contribution in [0.4, 0.5) is 11.4 Å². The van der Waals surface area contributed by atoms with E-state index in [1.165, 1.54) is 43.5 Å². The van der Waals surface area contributed by atoms with Gasteiger partial charge in [0.2, 0.25) is 10.0 Å². The number of amides is 1. The largest absolute Gasteiger partial charge is 0.384 e. The summed E-state index contributed by atoms with van der Waals surface area (Å²) in [6.45, 7) is 0.0920. The van der Waals surface area contributed by atoms with E-state index in [0.717, 1.165) is 6.26 Å². The molecule has 0 radical (unpaired) electrons. The lowest BCUT2D eigenvalue weighted by Crippen LogP contribution is -2.14. The molecule has 0 unspecified atom stereocenters. The number of nitrogens with one attached hydrogen (secondary N) is 2. The first-order valence-corrected chi connectivity index (χ1v) is 11.4. The van der Waals surface area contributed by atoms with E-state index in [2.05, 4.69) is 10.0 Å². The Hall–Kier alpha value is -2.43. The van der Waals surface area contributed by atoms with Gasteiger partial charge in [0.1, 0.15) is 0 Å². The van der Waals surface area contributed by atoms with E-state index in [0.29, 0.717) is 16.9 Å². The van der Waals surface area contributed by atoms with Gasteiger partial charge in [-0.25, -0.2) is 16.8 Å². The molecule has 0 spiro atoms. The predicted molar refractivity (Wildman–Crippen MR) is 103 cm³/mol. The van der Waals surface area contributed by atoms with E-state index in [9.17, 15) is 21.6 Å². The van der Waals surface area contributed by atoms with E-state index in [4.69, 9.17) is 4.74 Å². The fraction of sp³-hybridized carbons (Fsp3) is 0.235.